The van der Waals surface area contributed by atoms with Crippen molar-refractivity contribution in [2.24, 2.45) is 4.99 Å². The fourth-order valence-electron chi connectivity index (χ4n) is 4.18. The summed E-state index contributed by atoms with van der Waals surface area (Å²) >= 11 is 13.3. The first-order valence-corrected chi connectivity index (χ1v) is 13.5. The van der Waals surface area contributed by atoms with Crippen LogP contribution in [0.25, 0.3) is 6.08 Å². The lowest BCUT2D eigenvalue weighted by Gasteiger charge is -2.25. The largest absolute Gasteiger partial charge is 0.506 e. The Kier molecular flexibility index (Phi) is 8.50. The number of halogens is 2. The third kappa shape index (κ3) is 5.32. The number of thiazole rings is 1. The first-order valence-electron chi connectivity index (χ1n) is 12.0. The lowest BCUT2D eigenvalue weighted by Crippen LogP contribution is -2.40. The number of allylic oxidation sites excluding steroid dienone is 1. The number of aromatic nitrogens is 1. The topological polar surface area (TPSA) is 99.4 Å². The van der Waals surface area contributed by atoms with Crippen molar-refractivity contribution < 1.29 is 24.1 Å². The van der Waals surface area contributed by atoms with Gasteiger partial charge < -0.3 is 19.3 Å². The molecule has 200 valence electrons. The molecule has 0 amide bonds. The molecule has 1 aromatic heterocycles. The smallest absolute Gasteiger partial charge is 0.338 e. The van der Waals surface area contributed by atoms with Crippen LogP contribution >= 0.6 is 34.5 Å². The maximum absolute atomic E-state index is 13.8. The van der Waals surface area contributed by atoms with Gasteiger partial charge in [0.05, 0.1) is 46.7 Å². The van der Waals surface area contributed by atoms with Crippen LogP contribution in [0.5, 0.6) is 17.2 Å². The number of phenolic OH excluding ortho intramolecular Hbond substituents is 1. The van der Waals surface area contributed by atoms with Gasteiger partial charge in [0, 0.05) is 10.6 Å². The summed E-state index contributed by atoms with van der Waals surface area (Å²) in [5.41, 5.74) is 1.17. The second-order valence-electron chi connectivity index (χ2n) is 8.20. The van der Waals surface area contributed by atoms with Gasteiger partial charge in [-0.05, 0) is 63.6 Å². The Balaban J connectivity index is 1.98. The quantitative estimate of drug-likeness (QED) is 0.393. The predicted octanol–water partition coefficient (Wildman–Crippen LogP) is 4.61. The summed E-state index contributed by atoms with van der Waals surface area (Å²) in [5, 5.41) is 10.8. The minimum Gasteiger partial charge on any atom is -0.506 e. The lowest BCUT2D eigenvalue weighted by atomic mass is 9.95. The molecular formula is C27H26Cl2N2O6S. The zero-order valence-electron chi connectivity index (χ0n) is 21.2. The number of hydrogen-bond acceptors (Lipinski definition) is 8. The molecule has 2 heterocycles. The first kappa shape index (κ1) is 27.8. The molecule has 1 aliphatic rings. The van der Waals surface area contributed by atoms with Crippen molar-refractivity contribution in [1.82, 2.24) is 4.57 Å². The van der Waals surface area contributed by atoms with Crippen LogP contribution in [0.3, 0.4) is 0 Å². The van der Waals surface area contributed by atoms with Gasteiger partial charge in [0.1, 0.15) is 5.75 Å². The Hall–Kier alpha value is -3.27. The number of phenols is 1. The summed E-state index contributed by atoms with van der Waals surface area (Å²) < 4.78 is 18.6. The number of fused-ring (bicyclic) bond motifs is 1. The van der Waals surface area contributed by atoms with Crippen LogP contribution < -0.4 is 24.4 Å². The molecule has 1 aliphatic heterocycles. The number of benzene rings is 2. The standard InChI is InChI=1S/C27H26Cl2N2O6S/c1-5-35-19-9-8-15(11-20(19)36-6-2)23-22(26(34)37-7-3)14(4)30-27-31(23)25(33)21(38-27)12-16-10-17(28)13-18(29)24(16)32/h8-13,23,32H,5-7H2,1-4H3/b21-12-/t23-/m1/s1. The van der Waals surface area contributed by atoms with E-state index in [0.29, 0.717) is 45.8 Å². The summed E-state index contributed by atoms with van der Waals surface area (Å²) in [4.78, 5) is 31.9. The van der Waals surface area contributed by atoms with Crippen molar-refractivity contribution in [1.29, 1.82) is 0 Å². The van der Waals surface area contributed by atoms with Crippen molar-refractivity contribution in [3.63, 3.8) is 0 Å². The molecule has 1 atom stereocenters. The van der Waals surface area contributed by atoms with Gasteiger partial charge in [-0.15, -0.1) is 0 Å². The van der Waals surface area contributed by atoms with Crippen molar-refractivity contribution in [2.75, 3.05) is 19.8 Å². The number of hydrogen-bond donors (Lipinski definition) is 1. The molecule has 0 spiro atoms. The molecule has 0 aliphatic carbocycles. The SMILES string of the molecule is CCOC(=O)C1=C(C)N=c2s/c(=C\c3cc(Cl)cc(Cl)c3O)c(=O)n2[C@@H]1c1ccc(OCC)c(OCC)c1. The number of nitrogens with zero attached hydrogens (tertiary/aromatic N) is 2. The number of carbonyl (C=O) groups is 1. The summed E-state index contributed by atoms with van der Waals surface area (Å²) in [6.45, 7) is 8.16. The van der Waals surface area contributed by atoms with E-state index in [0.717, 1.165) is 11.3 Å². The highest BCUT2D eigenvalue weighted by atomic mass is 35.5. The summed E-state index contributed by atoms with van der Waals surface area (Å²) in [6, 6.07) is 7.39. The minimum absolute atomic E-state index is 0.0627. The molecule has 8 nitrogen and oxygen atoms in total. The zero-order valence-corrected chi connectivity index (χ0v) is 23.5. The van der Waals surface area contributed by atoms with E-state index in [2.05, 4.69) is 4.99 Å². The summed E-state index contributed by atoms with van der Waals surface area (Å²) in [5.74, 6) is 0.274. The van der Waals surface area contributed by atoms with Crippen molar-refractivity contribution in [2.45, 2.75) is 33.7 Å². The van der Waals surface area contributed by atoms with Crippen molar-refractivity contribution in [3.8, 4) is 17.2 Å². The molecule has 0 saturated carbocycles. The van der Waals surface area contributed by atoms with Crippen LogP contribution in [0, 0.1) is 0 Å². The van der Waals surface area contributed by atoms with E-state index in [1.807, 2.05) is 13.8 Å². The lowest BCUT2D eigenvalue weighted by molar-refractivity contribution is -0.139. The van der Waals surface area contributed by atoms with E-state index in [9.17, 15) is 14.7 Å². The molecule has 3 aromatic rings. The highest BCUT2D eigenvalue weighted by molar-refractivity contribution is 7.07. The molecule has 38 heavy (non-hydrogen) atoms. The van der Waals surface area contributed by atoms with Gasteiger partial charge in [-0.25, -0.2) is 9.79 Å². The van der Waals surface area contributed by atoms with Crippen molar-refractivity contribution in [3.05, 3.63) is 82.5 Å². The molecule has 2 aromatic carbocycles. The Labute approximate surface area is 233 Å². The highest BCUT2D eigenvalue weighted by Crippen LogP contribution is 2.36. The van der Waals surface area contributed by atoms with Gasteiger partial charge in [-0.3, -0.25) is 9.36 Å². The van der Waals surface area contributed by atoms with Crippen LogP contribution in [0.1, 0.15) is 44.9 Å². The average molecular weight is 577 g/mol. The fraction of sp³-hybridized carbons (Fsp3) is 0.296. The molecule has 0 fully saturated rings. The van der Waals surface area contributed by atoms with Crippen LogP contribution in [0.2, 0.25) is 10.0 Å². The van der Waals surface area contributed by atoms with Gasteiger partial charge in [-0.1, -0.05) is 40.6 Å². The van der Waals surface area contributed by atoms with Crippen molar-refractivity contribution >= 4 is 46.6 Å². The predicted molar refractivity (Wildman–Crippen MR) is 147 cm³/mol. The Morgan fingerprint density at radius 1 is 1.11 bits per heavy atom. The Morgan fingerprint density at radius 3 is 2.50 bits per heavy atom. The molecule has 4 rings (SSSR count). The van der Waals surface area contributed by atoms with E-state index in [-0.39, 0.29) is 33.0 Å². The highest BCUT2D eigenvalue weighted by Gasteiger charge is 2.34. The summed E-state index contributed by atoms with van der Waals surface area (Å²) in [7, 11) is 0. The fourth-order valence-corrected chi connectivity index (χ4v) is 5.73. The van der Waals surface area contributed by atoms with Crippen LogP contribution in [0.15, 0.2) is 51.4 Å². The maximum atomic E-state index is 13.8. The van der Waals surface area contributed by atoms with Gasteiger partial charge in [-0.2, -0.15) is 0 Å². The molecule has 0 saturated heterocycles. The van der Waals surface area contributed by atoms with E-state index >= 15 is 0 Å². The number of esters is 1. The second-order valence-corrected chi connectivity index (χ2v) is 10.1. The van der Waals surface area contributed by atoms with E-state index in [1.54, 1.807) is 32.0 Å². The third-order valence-electron chi connectivity index (χ3n) is 5.74. The van der Waals surface area contributed by atoms with Gasteiger partial charge in [0.25, 0.3) is 5.56 Å². The van der Waals surface area contributed by atoms with Gasteiger partial charge in [0.15, 0.2) is 16.3 Å². The molecule has 1 N–H and O–H groups in total. The molecule has 0 bridgehead atoms. The first-order chi connectivity index (χ1) is 18.2. The number of aromatic hydroxyl groups is 1. The Morgan fingerprint density at radius 2 is 1.82 bits per heavy atom. The molecular weight excluding hydrogens is 551 g/mol. The monoisotopic (exact) mass is 576 g/mol. The minimum atomic E-state index is -0.834. The van der Waals surface area contributed by atoms with Gasteiger partial charge >= 0.3 is 5.97 Å². The number of carbonyl (C=O) groups excluding carboxylic acids is 1. The van der Waals surface area contributed by atoms with Crippen LogP contribution in [0.4, 0.5) is 0 Å². The summed E-state index contributed by atoms with van der Waals surface area (Å²) in [6.07, 6.45) is 1.50. The van der Waals surface area contributed by atoms with E-state index in [4.69, 9.17) is 37.4 Å². The molecule has 0 radical (unpaired) electrons. The van der Waals surface area contributed by atoms with E-state index in [1.165, 1.54) is 22.8 Å². The van der Waals surface area contributed by atoms with Gasteiger partial charge in [0.2, 0.25) is 0 Å². The molecule has 0 unspecified atom stereocenters. The second kappa shape index (κ2) is 11.6. The maximum Gasteiger partial charge on any atom is 0.338 e. The molecule has 11 heteroatoms. The number of ether oxygens (including phenoxy) is 3. The van der Waals surface area contributed by atoms with Crippen LogP contribution in [-0.2, 0) is 9.53 Å². The van der Waals surface area contributed by atoms with Crippen LogP contribution in [-0.4, -0.2) is 35.5 Å². The number of rotatable bonds is 8. The normalized spacial score (nSPS) is 15.2. The van der Waals surface area contributed by atoms with E-state index < -0.39 is 17.6 Å². The third-order valence-corrected chi connectivity index (χ3v) is 7.23. The zero-order chi connectivity index (χ0) is 27.6. The average Bonchev–Trinajstić information content (AvgIpc) is 3.17. The Bertz CT molecular complexity index is 1610.